The SMILES string of the molecule is CC1(C)CC(O)=C(S(=O)(=O)[O-])c2oc3cc(=O)ccc-3cc21. The van der Waals surface area contributed by atoms with Gasteiger partial charge in [-0.2, -0.15) is 0 Å². The van der Waals surface area contributed by atoms with E-state index in [1.165, 1.54) is 12.1 Å². The number of allylic oxidation sites excluding steroid dienone is 1. The predicted octanol–water partition coefficient (Wildman–Crippen LogP) is 2.20. The van der Waals surface area contributed by atoms with Gasteiger partial charge < -0.3 is 14.1 Å². The van der Waals surface area contributed by atoms with Crippen molar-refractivity contribution in [2.24, 2.45) is 0 Å². The van der Waals surface area contributed by atoms with Gasteiger partial charge >= 0.3 is 0 Å². The number of fused-ring (bicyclic) bond motifs is 2. The summed E-state index contributed by atoms with van der Waals surface area (Å²) >= 11 is 0. The zero-order valence-corrected chi connectivity index (χ0v) is 12.7. The van der Waals surface area contributed by atoms with E-state index in [0.717, 1.165) is 0 Å². The molecule has 0 saturated heterocycles. The van der Waals surface area contributed by atoms with E-state index in [1.807, 2.05) is 0 Å². The van der Waals surface area contributed by atoms with Gasteiger partial charge in [-0.25, -0.2) is 8.42 Å². The largest absolute Gasteiger partial charge is 0.744 e. The van der Waals surface area contributed by atoms with Crippen molar-refractivity contribution in [1.29, 1.82) is 0 Å². The Morgan fingerprint density at radius 3 is 2.59 bits per heavy atom. The molecule has 116 valence electrons. The number of rotatable bonds is 1. The third kappa shape index (κ3) is 2.22. The van der Waals surface area contributed by atoms with Crippen LogP contribution < -0.4 is 5.43 Å². The number of aliphatic hydroxyl groups is 1. The molecule has 0 atom stereocenters. The highest BCUT2D eigenvalue weighted by atomic mass is 32.2. The lowest BCUT2D eigenvalue weighted by atomic mass is 9.76. The lowest BCUT2D eigenvalue weighted by Crippen LogP contribution is -2.27. The van der Waals surface area contributed by atoms with E-state index in [9.17, 15) is 22.9 Å². The minimum Gasteiger partial charge on any atom is -0.744 e. The quantitative estimate of drug-likeness (QED) is 0.807. The standard InChI is InChI=1S/C15H14O6S/c1-15(2)7-11(17)14(22(18,19)20)13-10(15)5-8-3-4-9(16)6-12(8)21-13/h3-6,17H,7H2,1-2H3,(H,18,19,20)/p-1. The second-order valence-corrected chi connectivity index (χ2v) is 7.30. The Kier molecular flexibility index (Phi) is 2.99. The smallest absolute Gasteiger partial charge is 0.182 e. The third-order valence-corrected chi connectivity index (χ3v) is 4.72. The summed E-state index contributed by atoms with van der Waals surface area (Å²) in [5.74, 6) is -0.548. The van der Waals surface area contributed by atoms with Crippen molar-refractivity contribution in [3.8, 4) is 11.3 Å². The van der Waals surface area contributed by atoms with Crippen LogP contribution in [0.2, 0.25) is 0 Å². The number of benzene rings is 1. The van der Waals surface area contributed by atoms with E-state index < -0.39 is 26.2 Å². The Morgan fingerprint density at radius 1 is 1.27 bits per heavy atom. The molecule has 2 aliphatic carbocycles. The normalized spacial score (nSPS) is 17.6. The van der Waals surface area contributed by atoms with E-state index in [0.29, 0.717) is 11.1 Å². The molecule has 3 rings (SSSR count). The molecule has 0 bridgehead atoms. The van der Waals surface area contributed by atoms with Crippen LogP contribution in [0.5, 0.6) is 0 Å². The second kappa shape index (κ2) is 4.44. The van der Waals surface area contributed by atoms with Gasteiger partial charge in [-0.1, -0.05) is 13.8 Å². The molecular weight excluding hydrogens is 308 g/mol. The van der Waals surface area contributed by atoms with Gasteiger partial charge in [-0.05, 0) is 18.2 Å². The highest BCUT2D eigenvalue weighted by molar-refractivity contribution is 7.95. The molecule has 1 N–H and O–H groups in total. The van der Waals surface area contributed by atoms with Gasteiger partial charge in [0.2, 0.25) is 0 Å². The topological polar surface area (TPSA) is 108 Å². The Hall–Kier alpha value is -2.12. The Bertz CT molecular complexity index is 933. The van der Waals surface area contributed by atoms with Crippen LogP contribution in [0.15, 0.2) is 39.2 Å². The maximum atomic E-state index is 11.5. The first-order valence-electron chi connectivity index (χ1n) is 6.56. The predicted molar refractivity (Wildman–Crippen MR) is 78.5 cm³/mol. The van der Waals surface area contributed by atoms with Gasteiger partial charge in [0.15, 0.2) is 11.2 Å². The van der Waals surface area contributed by atoms with E-state index in [2.05, 4.69) is 0 Å². The number of aliphatic hydroxyl groups excluding tert-OH is 1. The molecule has 0 aromatic carbocycles. The molecule has 0 spiro atoms. The van der Waals surface area contributed by atoms with Gasteiger partial charge in [0.25, 0.3) is 0 Å². The molecule has 1 aliphatic heterocycles. The minimum atomic E-state index is -4.91. The van der Waals surface area contributed by atoms with Crippen molar-refractivity contribution in [3.05, 3.63) is 51.6 Å². The molecule has 22 heavy (non-hydrogen) atoms. The zero-order valence-electron chi connectivity index (χ0n) is 11.9. The Labute approximate surface area is 126 Å². The van der Waals surface area contributed by atoms with E-state index in [-0.39, 0.29) is 23.4 Å². The fourth-order valence-corrected chi connectivity index (χ4v) is 3.50. The zero-order chi connectivity index (χ0) is 16.3. The Balaban J connectivity index is 2.46. The lowest BCUT2D eigenvalue weighted by molar-refractivity contribution is 0.331. The summed E-state index contributed by atoms with van der Waals surface area (Å²) in [5, 5.41) is 9.99. The van der Waals surface area contributed by atoms with Crippen molar-refractivity contribution in [2.45, 2.75) is 25.7 Å². The maximum absolute atomic E-state index is 11.5. The molecule has 0 aromatic rings. The van der Waals surface area contributed by atoms with Crippen LogP contribution in [-0.2, 0) is 15.5 Å². The lowest BCUT2D eigenvalue weighted by Gasteiger charge is -2.33. The number of hydrogen-bond donors (Lipinski definition) is 1. The van der Waals surface area contributed by atoms with Gasteiger partial charge in [0, 0.05) is 29.0 Å². The van der Waals surface area contributed by atoms with Crippen molar-refractivity contribution >= 4 is 15.0 Å². The number of hydrogen-bond acceptors (Lipinski definition) is 6. The average Bonchev–Trinajstić information content (AvgIpc) is 2.34. The van der Waals surface area contributed by atoms with E-state index in [4.69, 9.17) is 4.42 Å². The summed E-state index contributed by atoms with van der Waals surface area (Å²) in [5.41, 5.74) is 0.217. The molecule has 0 saturated carbocycles. The van der Waals surface area contributed by atoms with Crippen LogP contribution in [0, 0.1) is 0 Å². The van der Waals surface area contributed by atoms with Crippen LogP contribution >= 0.6 is 0 Å². The van der Waals surface area contributed by atoms with Gasteiger partial charge in [0.1, 0.15) is 26.5 Å². The monoisotopic (exact) mass is 321 g/mol. The van der Waals surface area contributed by atoms with E-state index >= 15 is 0 Å². The van der Waals surface area contributed by atoms with Crippen molar-refractivity contribution in [2.75, 3.05) is 0 Å². The van der Waals surface area contributed by atoms with Gasteiger partial charge in [-0.15, -0.1) is 0 Å². The molecule has 0 unspecified atom stereocenters. The van der Waals surface area contributed by atoms with Crippen LogP contribution in [-0.4, -0.2) is 18.1 Å². The van der Waals surface area contributed by atoms with Gasteiger partial charge in [-0.3, -0.25) is 4.79 Å². The van der Waals surface area contributed by atoms with Crippen molar-refractivity contribution in [1.82, 2.24) is 0 Å². The summed E-state index contributed by atoms with van der Waals surface area (Å²) in [6.07, 6.45) is 0.0114. The summed E-state index contributed by atoms with van der Waals surface area (Å²) in [4.78, 5) is 10.7. The molecular formula is C15H13O6S-. The second-order valence-electron chi connectivity index (χ2n) is 5.98. The summed E-state index contributed by atoms with van der Waals surface area (Å²) < 4.78 is 39.9. The Morgan fingerprint density at radius 2 is 1.95 bits per heavy atom. The molecule has 7 heteroatoms. The molecule has 0 amide bonds. The molecule has 0 radical (unpaired) electrons. The molecule has 0 fully saturated rings. The fraction of sp³-hybridized carbons (Fsp3) is 0.267. The molecule has 0 aromatic heterocycles. The minimum absolute atomic E-state index is 0.0114. The first-order valence-corrected chi connectivity index (χ1v) is 7.97. The van der Waals surface area contributed by atoms with Crippen LogP contribution in [0.3, 0.4) is 0 Å². The first-order chi connectivity index (χ1) is 10.1. The highest BCUT2D eigenvalue weighted by Crippen LogP contribution is 2.45. The fourth-order valence-electron chi connectivity index (χ4n) is 2.76. The van der Waals surface area contributed by atoms with Crippen LogP contribution in [0.1, 0.15) is 31.6 Å². The summed E-state index contributed by atoms with van der Waals surface area (Å²) in [6.45, 7) is 3.61. The van der Waals surface area contributed by atoms with Crippen LogP contribution in [0.25, 0.3) is 16.2 Å². The summed E-state index contributed by atoms with van der Waals surface area (Å²) in [7, 11) is -4.91. The molecule has 6 nitrogen and oxygen atoms in total. The average molecular weight is 321 g/mol. The molecule has 3 aliphatic rings. The maximum Gasteiger partial charge on any atom is 0.182 e. The van der Waals surface area contributed by atoms with Crippen molar-refractivity contribution in [3.63, 3.8) is 0 Å². The van der Waals surface area contributed by atoms with Crippen molar-refractivity contribution < 1.29 is 22.5 Å². The highest BCUT2D eigenvalue weighted by Gasteiger charge is 2.38. The molecule has 1 heterocycles. The van der Waals surface area contributed by atoms with E-state index in [1.54, 1.807) is 26.0 Å². The van der Waals surface area contributed by atoms with Gasteiger partial charge in [0.05, 0.1) is 0 Å². The van der Waals surface area contributed by atoms with Crippen LogP contribution in [0.4, 0.5) is 0 Å². The summed E-state index contributed by atoms with van der Waals surface area (Å²) in [6, 6.07) is 5.84. The first kappa shape index (κ1) is 14.8. The third-order valence-electron chi connectivity index (χ3n) is 3.80.